The van der Waals surface area contributed by atoms with Crippen LogP contribution < -0.4 is 5.32 Å². The third-order valence-corrected chi connectivity index (χ3v) is 4.67. The fraction of sp³-hybridized carbons (Fsp3) is 0.680. The number of esters is 1. The van der Waals surface area contributed by atoms with E-state index in [2.05, 4.69) is 5.32 Å². The van der Waals surface area contributed by atoms with Gasteiger partial charge in [-0.15, -0.1) is 0 Å². The van der Waals surface area contributed by atoms with Crippen LogP contribution in [-0.4, -0.2) is 70.7 Å². The third-order valence-electron chi connectivity index (χ3n) is 4.67. The average molecular weight is 467 g/mol. The summed E-state index contributed by atoms with van der Waals surface area (Å²) in [6, 6.07) is 5.54. The van der Waals surface area contributed by atoms with Gasteiger partial charge in [0.2, 0.25) is 0 Å². The number of hydrogen-bond acceptors (Lipinski definition) is 7. The number of hydrogen-bond donors (Lipinski definition) is 3. The Morgan fingerprint density at radius 1 is 1.00 bits per heavy atom. The van der Waals surface area contributed by atoms with Crippen molar-refractivity contribution in [3.8, 4) is 0 Å². The first-order valence-corrected chi connectivity index (χ1v) is 11.5. The van der Waals surface area contributed by atoms with Crippen LogP contribution in [-0.2, 0) is 27.2 Å². The summed E-state index contributed by atoms with van der Waals surface area (Å²) in [5, 5.41) is 21.4. The van der Waals surface area contributed by atoms with Crippen LogP contribution in [0, 0.1) is 6.92 Å². The third kappa shape index (κ3) is 12.6. The summed E-state index contributed by atoms with van der Waals surface area (Å²) in [5.74, 6) is -0.394. The SMILES string of the molecule is Cc1ccc(CN(CCO)CCO)cc1C[C@@H](CC(=O)OC(C)(C)C)NC(=O)OC(C)(C)C. The fourth-order valence-electron chi connectivity index (χ4n) is 3.35. The molecule has 0 radical (unpaired) electrons. The van der Waals surface area contributed by atoms with E-state index in [1.165, 1.54) is 0 Å². The molecular formula is C25H42N2O6. The molecule has 1 aromatic rings. The molecule has 0 saturated carbocycles. The predicted octanol–water partition coefficient (Wildman–Crippen LogP) is 2.95. The van der Waals surface area contributed by atoms with E-state index in [0.29, 0.717) is 26.1 Å². The van der Waals surface area contributed by atoms with Gasteiger partial charge in [0.05, 0.1) is 19.6 Å². The monoisotopic (exact) mass is 466 g/mol. The van der Waals surface area contributed by atoms with Crippen LogP contribution in [0.3, 0.4) is 0 Å². The van der Waals surface area contributed by atoms with Crippen molar-refractivity contribution in [1.29, 1.82) is 0 Å². The Balaban J connectivity index is 3.06. The van der Waals surface area contributed by atoms with Crippen molar-refractivity contribution in [1.82, 2.24) is 10.2 Å². The van der Waals surface area contributed by atoms with Crippen molar-refractivity contribution in [2.24, 2.45) is 0 Å². The van der Waals surface area contributed by atoms with Gasteiger partial charge in [0, 0.05) is 25.7 Å². The topological polar surface area (TPSA) is 108 Å². The fourth-order valence-corrected chi connectivity index (χ4v) is 3.35. The maximum absolute atomic E-state index is 12.5. The van der Waals surface area contributed by atoms with Crippen molar-refractivity contribution in [3.05, 3.63) is 34.9 Å². The van der Waals surface area contributed by atoms with Crippen molar-refractivity contribution in [2.45, 2.75) is 85.1 Å². The van der Waals surface area contributed by atoms with Crippen molar-refractivity contribution >= 4 is 12.1 Å². The Morgan fingerprint density at radius 3 is 2.09 bits per heavy atom. The minimum absolute atomic E-state index is 0.0104. The summed E-state index contributed by atoms with van der Waals surface area (Å²) in [4.78, 5) is 26.9. The molecule has 1 rings (SSSR count). The molecule has 3 N–H and O–H groups in total. The second kappa shape index (κ2) is 12.9. The van der Waals surface area contributed by atoms with Gasteiger partial charge in [-0.05, 0) is 71.6 Å². The second-order valence-electron chi connectivity index (χ2n) is 10.3. The minimum Gasteiger partial charge on any atom is -0.460 e. The van der Waals surface area contributed by atoms with E-state index in [-0.39, 0.29) is 19.6 Å². The van der Waals surface area contributed by atoms with Crippen LogP contribution in [0.1, 0.15) is 64.7 Å². The first kappa shape index (κ1) is 28.9. The molecule has 0 heterocycles. The molecule has 0 unspecified atom stereocenters. The highest BCUT2D eigenvalue weighted by Crippen LogP contribution is 2.18. The van der Waals surface area contributed by atoms with Gasteiger partial charge in [0.25, 0.3) is 0 Å². The van der Waals surface area contributed by atoms with E-state index in [9.17, 15) is 19.8 Å². The zero-order chi connectivity index (χ0) is 25.2. The van der Waals surface area contributed by atoms with Gasteiger partial charge in [0.15, 0.2) is 0 Å². The predicted molar refractivity (Wildman–Crippen MR) is 128 cm³/mol. The standard InChI is InChI=1S/C25H42N2O6/c1-18-8-9-19(17-27(10-12-28)11-13-29)14-20(18)15-21(16-22(30)32-24(2,3)4)26-23(31)33-25(5,6)7/h8-9,14,21,28-29H,10-13,15-17H2,1-7H3,(H,26,31)/t21-/m0/s1. The van der Waals surface area contributed by atoms with Crippen molar-refractivity contribution in [2.75, 3.05) is 26.3 Å². The highest BCUT2D eigenvalue weighted by atomic mass is 16.6. The first-order chi connectivity index (χ1) is 15.2. The molecule has 0 aliphatic rings. The molecule has 0 aliphatic heterocycles. The number of amides is 1. The molecule has 1 amide bonds. The Labute approximate surface area is 198 Å². The number of benzene rings is 1. The van der Waals surface area contributed by atoms with Gasteiger partial charge in [-0.3, -0.25) is 9.69 Å². The number of aryl methyl sites for hydroxylation is 1. The lowest BCUT2D eigenvalue weighted by molar-refractivity contribution is -0.155. The van der Waals surface area contributed by atoms with Crippen LogP contribution >= 0.6 is 0 Å². The van der Waals surface area contributed by atoms with Crippen LogP contribution in [0.5, 0.6) is 0 Å². The Morgan fingerprint density at radius 2 is 1.58 bits per heavy atom. The molecule has 0 bridgehead atoms. The molecular weight excluding hydrogens is 424 g/mol. The summed E-state index contributed by atoms with van der Waals surface area (Å²) < 4.78 is 10.9. The molecule has 0 aromatic heterocycles. The van der Waals surface area contributed by atoms with Gasteiger partial charge < -0.3 is 25.0 Å². The van der Waals surface area contributed by atoms with Gasteiger partial charge in [0.1, 0.15) is 11.2 Å². The molecule has 33 heavy (non-hydrogen) atoms. The lowest BCUT2D eigenvalue weighted by atomic mass is 9.96. The average Bonchev–Trinajstić information content (AvgIpc) is 2.61. The number of nitrogens with one attached hydrogen (secondary N) is 1. The number of aliphatic hydroxyl groups excluding tert-OH is 2. The Hall–Kier alpha value is -2.16. The van der Waals surface area contributed by atoms with Gasteiger partial charge in [-0.25, -0.2) is 4.79 Å². The smallest absolute Gasteiger partial charge is 0.407 e. The molecule has 0 saturated heterocycles. The van der Waals surface area contributed by atoms with E-state index < -0.39 is 29.3 Å². The summed E-state index contributed by atoms with van der Waals surface area (Å²) in [5.41, 5.74) is 1.77. The van der Waals surface area contributed by atoms with E-state index in [4.69, 9.17) is 9.47 Å². The van der Waals surface area contributed by atoms with Crippen LogP contribution in [0.25, 0.3) is 0 Å². The first-order valence-electron chi connectivity index (χ1n) is 11.5. The summed E-state index contributed by atoms with van der Waals surface area (Å²) in [6.07, 6.45) is -0.138. The molecule has 0 fully saturated rings. The Kier molecular flexibility index (Phi) is 11.3. The van der Waals surface area contributed by atoms with Crippen LogP contribution in [0.4, 0.5) is 4.79 Å². The quantitative estimate of drug-likeness (QED) is 0.430. The van der Waals surface area contributed by atoms with E-state index in [1.807, 2.05) is 30.0 Å². The highest BCUT2D eigenvalue weighted by Gasteiger charge is 2.25. The van der Waals surface area contributed by atoms with E-state index in [0.717, 1.165) is 16.7 Å². The summed E-state index contributed by atoms with van der Waals surface area (Å²) >= 11 is 0. The number of carbonyl (C=O) groups is 2. The largest absolute Gasteiger partial charge is 0.460 e. The second-order valence-corrected chi connectivity index (χ2v) is 10.3. The summed E-state index contributed by atoms with van der Waals surface area (Å²) in [6.45, 7) is 14.3. The van der Waals surface area contributed by atoms with Crippen LogP contribution in [0.2, 0.25) is 0 Å². The van der Waals surface area contributed by atoms with Gasteiger partial charge >= 0.3 is 12.1 Å². The zero-order valence-electron chi connectivity index (χ0n) is 21.2. The normalized spacial score (nSPS) is 13.0. The molecule has 8 nitrogen and oxygen atoms in total. The maximum Gasteiger partial charge on any atom is 0.407 e. The van der Waals surface area contributed by atoms with Crippen LogP contribution in [0.15, 0.2) is 18.2 Å². The Bertz CT molecular complexity index is 731. The molecule has 188 valence electrons. The molecule has 1 aromatic carbocycles. The maximum atomic E-state index is 12.5. The molecule has 0 spiro atoms. The minimum atomic E-state index is -0.654. The number of carbonyl (C=O) groups excluding carboxylic acids is 2. The summed E-state index contributed by atoms with van der Waals surface area (Å²) in [7, 11) is 0. The number of rotatable bonds is 11. The highest BCUT2D eigenvalue weighted by molar-refractivity contribution is 5.73. The molecule has 0 aliphatic carbocycles. The lowest BCUT2D eigenvalue weighted by Crippen LogP contribution is -2.42. The number of ether oxygens (including phenoxy) is 2. The van der Waals surface area contributed by atoms with Crippen molar-refractivity contribution < 1.29 is 29.3 Å². The number of nitrogens with zero attached hydrogens (tertiary/aromatic N) is 1. The van der Waals surface area contributed by atoms with Gasteiger partial charge in [-0.1, -0.05) is 18.2 Å². The van der Waals surface area contributed by atoms with E-state index >= 15 is 0 Å². The lowest BCUT2D eigenvalue weighted by Gasteiger charge is -2.26. The number of aliphatic hydroxyl groups is 2. The van der Waals surface area contributed by atoms with E-state index in [1.54, 1.807) is 41.5 Å². The zero-order valence-corrected chi connectivity index (χ0v) is 21.2. The van der Waals surface area contributed by atoms with Crippen molar-refractivity contribution in [3.63, 3.8) is 0 Å². The number of alkyl carbamates (subject to hydrolysis) is 1. The van der Waals surface area contributed by atoms with Gasteiger partial charge in [-0.2, -0.15) is 0 Å². The molecule has 1 atom stereocenters. The molecule has 8 heteroatoms.